The Balaban J connectivity index is 1.37. The summed E-state index contributed by atoms with van der Waals surface area (Å²) in [6.45, 7) is 6.28. The highest BCUT2D eigenvalue weighted by Gasteiger charge is 2.19. The minimum absolute atomic E-state index is 0.173. The Morgan fingerprint density at radius 2 is 1.97 bits per heavy atom. The summed E-state index contributed by atoms with van der Waals surface area (Å²) < 4.78 is 5.35. The summed E-state index contributed by atoms with van der Waals surface area (Å²) >= 11 is 0. The van der Waals surface area contributed by atoms with E-state index in [-0.39, 0.29) is 11.4 Å². The highest BCUT2D eigenvalue weighted by atomic mass is 16.4. The first kappa shape index (κ1) is 19.6. The van der Waals surface area contributed by atoms with Crippen molar-refractivity contribution in [3.05, 3.63) is 64.0 Å². The maximum Gasteiger partial charge on any atom is 0.336 e. The van der Waals surface area contributed by atoms with E-state index in [0.717, 1.165) is 72.5 Å². The molecule has 2 aromatic heterocycles. The van der Waals surface area contributed by atoms with E-state index in [1.54, 1.807) is 12.1 Å². The van der Waals surface area contributed by atoms with E-state index in [1.807, 2.05) is 37.3 Å². The Labute approximate surface area is 179 Å². The zero-order valence-corrected chi connectivity index (χ0v) is 17.6. The van der Waals surface area contributed by atoms with Crippen LogP contribution in [0.1, 0.15) is 24.5 Å². The number of phenolic OH excluding ortho intramolecular Hbond substituents is 1. The average molecular weight is 418 g/mol. The average Bonchev–Trinajstić information content (AvgIpc) is 3.05. The van der Waals surface area contributed by atoms with Crippen molar-refractivity contribution in [2.45, 2.75) is 26.3 Å². The fourth-order valence-electron chi connectivity index (χ4n) is 4.39. The Morgan fingerprint density at radius 3 is 2.81 bits per heavy atom. The summed E-state index contributed by atoms with van der Waals surface area (Å²) in [6.07, 6.45) is 1.73. The fraction of sp³-hybridized carbons (Fsp3) is 0.333. The van der Waals surface area contributed by atoms with E-state index in [1.165, 1.54) is 0 Å². The van der Waals surface area contributed by atoms with Crippen molar-refractivity contribution in [3.63, 3.8) is 0 Å². The second kappa shape index (κ2) is 8.07. The Bertz CT molecular complexity index is 1260. The predicted molar refractivity (Wildman–Crippen MR) is 122 cm³/mol. The molecule has 0 unspecified atom stereocenters. The van der Waals surface area contributed by atoms with E-state index in [0.29, 0.717) is 12.1 Å². The number of hydrogen-bond acceptors (Lipinski definition) is 6. The molecule has 1 aliphatic heterocycles. The summed E-state index contributed by atoms with van der Waals surface area (Å²) in [6, 6.07) is 13.2. The van der Waals surface area contributed by atoms with Crippen LogP contribution in [0.15, 0.2) is 51.7 Å². The summed E-state index contributed by atoms with van der Waals surface area (Å²) in [4.78, 5) is 24.9. The van der Waals surface area contributed by atoms with Crippen molar-refractivity contribution < 1.29 is 9.52 Å². The molecule has 0 amide bonds. The third kappa shape index (κ3) is 3.88. The van der Waals surface area contributed by atoms with Gasteiger partial charge in [-0.15, -0.1) is 0 Å². The summed E-state index contributed by atoms with van der Waals surface area (Å²) in [5, 5.41) is 11.0. The molecule has 160 valence electrons. The van der Waals surface area contributed by atoms with E-state index >= 15 is 0 Å². The minimum atomic E-state index is -0.384. The summed E-state index contributed by atoms with van der Waals surface area (Å²) in [5.74, 6) is 1.09. The molecule has 1 fully saturated rings. The first-order valence-electron chi connectivity index (χ1n) is 10.8. The van der Waals surface area contributed by atoms with Crippen LogP contribution in [0.2, 0.25) is 0 Å². The van der Waals surface area contributed by atoms with Crippen LogP contribution in [-0.2, 0) is 13.0 Å². The lowest BCUT2D eigenvalue weighted by atomic mass is 10.0. The van der Waals surface area contributed by atoms with Crippen molar-refractivity contribution in [2.75, 3.05) is 31.1 Å². The molecule has 2 N–H and O–H groups in total. The SMILES string of the molecule is CCc1cc2c(CN3CCCN(c4nc5ccccc5[nH]4)CC3)cc(=O)oc2cc1O. The number of nitrogens with zero attached hydrogens (tertiary/aromatic N) is 3. The number of phenols is 1. The second-order valence-electron chi connectivity index (χ2n) is 8.12. The number of H-pyrrole nitrogens is 1. The monoisotopic (exact) mass is 418 g/mol. The van der Waals surface area contributed by atoms with Crippen LogP contribution >= 0.6 is 0 Å². The Morgan fingerprint density at radius 1 is 1.10 bits per heavy atom. The zero-order valence-electron chi connectivity index (χ0n) is 17.6. The lowest BCUT2D eigenvalue weighted by Crippen LogP contribution is -2.31. The first-order valence-corrected chi connectivity index (χ1v) is 10.8. The smallest absolute Gasteiger partial charge is 0.336 e. The van der Waals surface area contributed by atoms with Gasteiger partial charge in [0.05, 0.1) is 11.0 Å². The van der Waals surface area contributed by atoms with Gasteiger partial charge in [-0.05, 0) is 42.2 Å². The Kier molecular flexibility index (Phi) is 5.11. The number of aromatic hydroxyl groups is 1. The number of aryl methyl sites for hydroxylation is 1. The maximum atomic E-state index is 12.1. The van der Waals surface area contributed by atoms with Gasteiger partial charge in [0.2, 0.25) is 5.95 Å². The minimum Gasteiger partial charge on any atom is -0.508 e. The first-order chi connectivity index (χ1) is 15.1. The zero-order chi connectivity index (χ0) is 21.4. The number of imidazole rings is 1. The quantitative estimate of drug-likeness (QED) is 0.492. The number of para-hydroxylation sites is 2. The van der Waals surface area contributed by atoms with Crippen LogP contribution in [-0.4, -0.2) is 46.2 Å². The summed E-state index contributed by atoms with van der Waals surface area (Å²) in [5.41, 5.74) is 3.89. The van der Waals surface area contributed by atoms with Crippen LogP contribution in [0.5, 0.6) is 5.75 Å². The molecule has 0 bridgehead atoms. The number of fused-ring (bicyclic) bond motifs is 2. The molecular formula is C24H26N4O3. The van der Waals surface area contributed by atoms with Gasteiger partial charge in [-0.25, -0.2) is 9.78 Å². The molecule has 0 spiro atoms. The number of aromatic amines is 1. The third-order valence-corrected chi connectivity index (χ3v) is 6.07. The van der Waals surface area contributed by atoms with Gasteiger partial charge < -0.3 is 19.4 Å². The van der Waals surface area contributed by atoms with Crippen molar-refractivity contribution in [1.82, 2.24) is 14.9 Å². The third-order valence-electron chi connectivity index (χ3n) is 6.07. The standard InChI is InChI=1S/C24H26N4O3/c1-2-16-12-18-17(13-23(30)31-22(18)14-21(16)29)15-27-8-5-9-28(11-10-27)24-25-19-6-3-4-7-20(19)26-24/h3-4,6-7,12-14,29H,2,5,8-11,15H2,1H3,(H,25,26). The number of rotatable bonds is 4. The van der Waals surface area contributed by atoms with Gasteiger partial charge in [0.1, 0.15) is 11.3 Å². The van der Waals surface area contributed by atoms with Gasteiger partial charge in [0.15, 0.2) is 0 Å². The molecule has 7 nitrogen and oxygen atoms in total. The molecule has 7 heteroatoms. The molecule has 4 aromatic rings. The highest BCUT2D eigenvalue weighted by molar-refractivity contribution is 5.82. The number of benzene rings is 2. The largest absolute Gasteiger partial charge is 0.508 e. The molecule has 5 rings (SSSR count). The molecule has 0 saturated carbocycles. The number of hydrogen-bond donors (Lipinski definition) is 2. The second-order valence-corrected chi connectivity index (χ2v) is 8.12. The number of aromatic nitrogens is 2. The van der Waals surface area contributed by atoms with Crippen molar-refractivity contribution in [2.24, 2.45) is 0 Å². The van der Waals surface area contributed by atoms with E-state index in [9.17, 15) is 9.90 Å². The van der Waals surface area contributed by atoms with Crippen molar-refractivity contribution in [3.8, 4) is 5.75 Å². The van der Waals surface area contributed by atoms with Gasteiger partial charge >= 0.3 is 5.63 Å². The molecule has 2 aromatic carbocycles. The molecule has 1 saturated heterocycles. The van der Waals surface area contributed by atoms with Crippen molar-refractivity contribution >= 4 is 28.0 Å². The van der Waals surface area contributed by atoms with Crippen LogP contribution in [0, 0.1) is 0 Å². The highest BCUT2D eigenvalue weighted by Crippen LogP contribution is 2.28. The van der Waals surface area contributed by atoms with Crippen LogP contribution in [0.4, 0.5) is 5.95 Å². The summed E-state index contributed by atoms with van der Waals surface area (Å²) in [7, 11) is 0. The van der Waals surface area contributed by atoms with Crippen LogP contribution in [0.25, 0.3) is 22.0 Å². The fourth-order valence-corrected chi connectivity index (χ4v) is 4.39. The van der Waals surface area contributed by atoms with E-state index in [2.05, 4.69) is 14.8 Å². The molecule has 31 heavy (non-hydrogen) atoms. The van der Waals surface area contributed by atoms with Gasteiger partial charge in [0.25, 0.3) is 0 Å². The number of nitrogens with one attached hydrogen (secondary N) is 1. The molecular weight excluding hydrogens is 392 g/mol. The van der Waals surface area contributed by atoms with Gasteiger partial charge in [-0.1, -0.05) is 19.1 Å². The van der Waals surface area contributed by atoms with E-state index < -0.39 is 0 Å². The molecule has 0 radical (unpaired) electrons. The predicted octanol–water partition coefficient (Wildman–Crippen LogP) is 3.65. The molecule has 3 heterocycles. The number of anilines is 1. The maximum absolute atomic E-state index is 12.1. The van der Waals surface area contributed by atoms with Crippen LogP contribution < -0.4 is 10.5 Å². The van der Waals surface area contributed by atoms with Crippen LogP contribution in [0.3, 0.4) is 0 Å². The molecule has 1 aliphatic rings. The van der Waals surface area contributed by atoms with Gasteiger partial charge in [-0.2, -0.15) is 0 Å². The molecule has 0 atom stereocenters. The normalized spacial score (nSPS) is 15.6. The van der Waals surface area contributed by atoms with Gasteiger partial charge in [0, 0.05) is 50.2 Å². The Hall–Kier alpha value is -3.32. The van der Waals surface area contributed by atoms with Gasteiger partial charge in [-0.3, -0.25) is 4.90 Å². The molecule has 0 aliphatic carbocycles. The lowest BCUT2D eigenvalue weighted by Gasteiger charge is -2.22. The van der Waals surface area contributed by atoms with Crippen molar-refractivity contribution in [1.29, 1.82) is 0 Å². The van der Waals surface area contributed by atoms with E-state index in [4.69, 9.17) is 9.40 Å². The lowest BCUT2D eigenvalue weighted by molar-refractivity contribution is 0.286. The topological polar surface area (TPSA) is 85.6 Å².